The highest BCUT2D eigenvalue weighted by atomic mass is 19.4. The Bertz CT molecular complexity index is 535. The lowest BCUT2D eigenvalue weighted by molar-refractivity contribution is -0.378. The highest BCUT2D eigenvalue weighted by Gasteiger charge is 2.85. The van der Waals surface area contributed by atoms with Gasteiger partial charge in [0.25, 0.3) is 0 Å². The molecule has 0 radical (unpaired) electrons. The average molecular weight is 424 g/mol. The first-order valence-corrected chi connectivity index (χ1v) is 7.11. The molecule has 0 amide bonds. The zero-order valence-corrected chi connectivity index (χ0v) is 13.7. The zero-order chi connectivity index (χ0) is 21.8. The molecule has 0 bridgehead atoms. The van der Waals surface area contributed by atoms with Crippen LogP contribution in [0.1, 0.15) is 20.3 Å². The van der Waals surface area contributed by atoms with E-state index in [1.807, 2.05) is 0 Å². The fourth-order valence-corrected chi connectivity index (χ4v) is 1.35. The van der Waals surface area contributed by atoms with Crippen LogP contribution in [-0.4, -0.2) is 55.3 Å². The first-order chi connectivity index (χ1) is 12.0. The Hall–Kier alpha value is -1.76. The monoisotopic (exact) mass is 424 g/mol. The van der Waals surface area contributed by atoms with Gasteiger partial charge in [0.1, 0.15) is 13.2 Å². The smallest absolute Gasteiger partial charge is 0.410 e. The van der Waals surface area contributed by atoms with E-state index < -0.39 is 61.2 Å². The van der Waals surface area contributed by atoms with Crippen molar-refractivity contribution in [2.75, 3.05) is 13.2 Å². The maximum absolute atomic E-state index is 13.3. The number of carbonyl (C=O) groups is 2. The molecule has 14 heteroatoms. The van der Waals surface area contributed by atoms with Gasteiger partial charge >= 0.3 is 42.1 Å². The average Bonchev–Trinajstić information content (AvgIpc) is 2.56. The fourth-order valence-electron chi connectivity index (χ4n) is 1.35. The van der Waals surface area contributed by atoms with E-state index in [-0.39, 0.29) is 0 Å². The number of rotatable bonds is 10. The van der Waals surface area contributed by atoms with E-state index >= 15 is 0 Å². The van der Waals surface area contributed by atoms with E-state index in [0.717, 1.165) is 0 Å². The van der Waals surface area contributed by atoms with E-state index in [1.54, 1.807) is 6.92 Å². The standard InChI is InChI=1S/C13H14F10O4/c1-3-6(2)7(24)26-4-5-27-9(25)11(18,19)13(22,23)12(20,21)10(16,17)8(14)15/h6,8H,3-5H2,1-2H3. The Morgan fingerprint density at radius 1 is 0.852 bits per heavy atom. The zero-order valence-electron chi connectivity index (χ0n) is 13.7. The van der Waals surface area contributed by atoms with Crippen molar-refractivity contribution in [2.45, 2.75) is 50.4 Å². The van der Waals surface area contributed by atoms with Gasteiger partial charge in [0, 0.05) is 0 Å². The summed E-state index contributed by atoms with van der Waals surface area (Å²) in [4.78, 5) is 22.1. The predicted molar refractivity (Wildman–Crippen MR) is 67.2 cm³/mol. The predicted octanol–water partition coefficient (Wildman–Crippen LogP) is 3.93. The molecule has 1 atom stereocenters. The van der Waals surface area contributed by atoms with Gasteiger partial charge in [0.05, 0.1) is 5.92 Å². The minimum atomic E-state index is -7.29. The number of halogens is 10. The van der Waals surface area contributed by atoms with E-state index in [4.69, 9.17) is 0 Å². The van der Waals surface area contributed by atoms with E-state index in [2.05, 4.69) is 9.47 Å². The van der Waals surface area contributed by atoms with Crippen molar-refractivity contribution in [3.8, 4) is 0 Å². The van der Waals surface area contributed by atoms with Gasteiger partial charge in [-0.3, -0.25) is 4.79 Å². The summed E-state index contributed by atoms with van der Waals surface area (Å²) >= 11 is 0. The lowest BCUT2D eigenvalue weighted by atomic mass is 9.99. The summed E-state index contributed by atoms with van der Waals surface area (Å²) in [6.45, 7) is 0.738. The third-order valence-corrected chi connectivity index (χ3v) is 3.31. The number of esters is 2. The second-order valence-corrected chi connectivity index (χ2v) is 5.26. The lowest BCUT2D eigenvalue weighted by Gasteiger charge is -2.35. The van der Waals surface area contributed by atoms with Crippen LogP contribution in [0, 0.1) is 5.92 Å². The molecule has 27 heavy (non-hydrogen) atoms. The summed E-state index contributed by atoms with van der Waals surface area (Å²) in [5.41, 5.74) is 0. The molecule has 0 aromatic rings. The number of ether oxygens (including phenoxy) is 2. The van der Waals surface area contributed by atoms with Crippen LogP contribution in [0.3, 0.4) is 0 Å². The molecule has 0 aliphatic rings. The maximum Gasteiger partial charge on any atom is 0.410 e. The summed E-state index contributed by atoms with van der Waals surface area (Å²) in [6, 6.07) is 0. The molecule has 0 aromatic carbocycles. The van der Waals surface area contributed by atoms with Crippen LogP contribution in [0.15, 0.2) is 0 Å². The van der Waals surface area contributed by atoms with Crippen LogP contribution in [0.25, 0.3) is 0 Å². The molecule has 0 spiro atoms. The molecule has 0 aromatic heterocycles. The molecule has 160 valence electrons. The maximum atomic E-state index is 13.3. The Kier molecular flexibility index (Phi) is 7.95. The van der Waals surface area contributed by atoms with Gasteiger partial charge in [-0.15, -0.1) is 0 Å². The SMILES string of the molecule is CCC(C)C(=O)OCCOC(=O)C(F)(F)C(F)(F)C(F)(F)C(F)(F)C(F)F. The minimum Gasteiger partial charge on any atom is -0.462 e. The minimum absolute atomic E-state index is 0.302. The van der Waals surface area contributed by atoms with E-state index in [0.29, 0.717) is 6.42 Å². The van der Waals surface area contributed by atoms with Gasteiger partial charge in [-0.25, -0.2) is 13.6 Å². The van der Waals surface area contributed by atoms with Crippen molar-refractivity contribution in [3.05, 3.63) is 0 Å². The highest BCUT2D eigenvalue weighted by Crippen LogP contribution is 2.54. The summed E-state index contributed by atoms with van der Waals surface area (Å²) < 4.78 is 136. The largest absolute Gasteiger partial charge is 0.462 e. The van der Waals surface area contributed by atoms with Crippen LogP contribution in [0.5, 0.6) is 0 Å². The quantitative estimate of drug-likeness (QED) is 0.303. The normalized spacial score (nSPS) is 14.9. The van der Waals surface area contributed by atoms with Gasteiger partial charge in [-0.1, -0.05) is 13.8 Å². The molecule has 0 fully saturated rings. The number of alkyl halides is 10. The van der Waals surface area contributed by atoms with E-state index in [9.17, 15) is 53.5 Å². The van der Waals surface area contributed by atoms with Crippen molar-refractivity contribution in [3.63, 3.8) is 0 Å². The Morgan fingerprint density at radius 2 is 1.30 bits per heavy atom. The number of hydrogen-bond donors (Lipinski definition) is 0. The van der Waals surface area contributed by atoms with Crippen LogP contribution in [0.2, 0.25) is 0 Å². The fraction of sp³-hybridized carbons (Fsp3) is 0.846. The molecule has 0 heterocycles. The molecule has 0 saturated heterocycles. The molecular formula is C13H14F10O4. The summed E-state index contributed by atoms with van der Waals surface area (Å²) in [7, 11) is 0. The summed E-state index contributed by atoms with van der Waals surface area (Å²) in [5, 5.41) is 0. The highest BCUT2D eigenvalue weighted by molar-refractivity contribution is 5.79. The van der Waals surface area contributed by atoms with Crippen LogP contribution >= 0.6 is 0 Å². The Balaban J connectivity index is 5.15. The molecule has 0 rings (SSSR count). The van der Waals surface area contributed by atoms with Crippen LogP contribution in [0.4, 0.5) is 43.9 Å². The van der Waals surface area contributed by atoms with Gasteiger partial charge in [-0.2, -0.15) is 35.1 Å². The number of carbonyl (C=O) groups excluding carboxylic acids is 2. The van der Waals surface area contributed by atoms with Crippen molar-refractivity contribution in [2.24, 2.45) is 5.92 Å². The van der Waals surface area contributed by atoms with Crippen LogP contribution < -0.4 is 0 Å². The molecule has 1 unspecified atom stereocenters. The second-order valence-electron chi connectivity index (χ2n) is 5.26. The molecule has 0 aliphatic heterocycles. The summed E-state index contributed by atoms with van der Waals surface area (Å²) in [6.07, 6.45) is -5.12. The first kappa shape index (κ1) is 25.2. The Morgan fingerprint density at radius 3 is 1.70 bits per heavy atom. The van der Waals surface area contributed by atoms with E-state index in [1.165, 1.54) is 6.92 Å². The van der Waals surface area contributed by atoms with Gasteiger partial charge in [-0.05, 0) is 6.42 Å². The van der Waals surface area contributed by atoms with Gasteiger partial charge in [0.15, 0.2) is 0 Å². The lowest BCUT2D eigenvalue weighted by Crippen LogP contribution is -2.66. The molecule has 0 N–H and O–H groups in total. The topological polar surface area (TPSA) is 52.6 Å². The third-order valence-electron chi connectivity index (χ3n) is 3.31. The number of hydrogen-bond acceptors (Lipinski definition) is 4. The Labute approximate surface area is 145 Å². The molecule has 4 nitrogen and oxygen atoms in total. The second kappa shape index (κ2) is 8.50. The van der Waals surface area contributed by atoms with Crippen molar-refractivity contribution in [1.82, 2.24) is 0 Å². The summed E-state index contributed by atoms with van der Waals surface area (Å²) in [5.74, 6) is -32.9. The van der Waals surface area contributed by atoms with Gasteiger partial charge < -0.3 is 9.47 Å². The molecule has 0 saturated carbocycles. The molecule has 0 aliphatic carbocycles. The first-order valence-electron chi connectivity index (χ1n) is 7.11. The van der Waals surface area contributed by atoms with Crippen molar-refractivity contribution in [1.29, 1.82) is 0 Å². The van der Waals surface area contributed by atoms with Crippen molar-refractivity contribution < 1.29 is 63.0 Å². The van der Waals surface area contributed by atoms with Crippen molar-refractivity contribution >= 4 is 11.9 Å². The molecular weight excluding hydrogens is 410 g/mol. The van der Waals surface area contributed by atoms with Crippen LogP contribution in [-0.2, 0) is 19.1 Å². The van der Waals surface area contributed by atoms with Gasteiger partial charge in [0.2, 0.25) is 0 Å². The third kappa shape index (κ3) is 4.75.